The Bertz CT molecular complexity index is 688. The van der Waals surface area contributed by atoms with Crippen LogP contribution in [0.5, 0.6) is 0 Å². The summed E-state index contributed by atoms with van der Waals surface area (Å²) in [7, 11) is -3.91. The van der Waals surface area contributed by atoms with E-state index in [1.54, 1.807) is 0 Å². The Morgan fingerprint density at radius 2 is 2.11 bits per heavy atom. The molecular formula is C8H6BrFN4O2S2. The van der Waals surface area contributed by atoms with E-state index >= 15 is 0 Å². The highest BCUT2D eigenvalue weighted by molar-refractivity contribution is 9.10. The summed E-state index contributed by atoms with van der Waals surface area (Å²) in [4.78, 5) is 0. The first-order valence-corrected chi connectivity index (χ1v) is 7.54. The lowest BCUT2D eigenvalue weighted by Gasteiger charge is -2.07. The van der Waals surface area contributed by atoms with E-state index in [1.807, 2.05) is 0 Å². The zero-order valence-corrected chi connectivity index (χ0v) is 11.8. The number of sulfonamides is 1. The van der Waals surface area contributed by atoms with Gasteiger partial charge in [-0.1, -0.05) is 11.3 Å². The maximum Gasteiger partial charge on any atom is 0.291 e. The number of nitrogen functional groups attached to an aromatic ring is 1. The molecule has 1 aromatic carbocycles. The van der Waals surface area contributed by atoms with E-state index in [-0.39, 0.29) is 15.2 Å². The molecule has 0 atom stereocenters. The van der Waals surface area contributed by atoms with Gasteiger partial charge in [-0.05, 0) is 34.1 Å². The smallest absolute Gasteiger partial charge is 0.291 e. The van der Waals surface area contributed by atoms with Crippen molar-refractivity contribution in [1.82, 2.24) is 10.2 Å². The lowest BCUT2D eigenvalue weighted by molar-refractivity contribution is 0.599. The van der Waals surface area contributed by atoms with Gasteiger partial charge in [-0.25, -0.2) is 4.39 Å². The van der Waals surface area contributed by atoms with Crippen LogP contribution in [0.3, 0.4) is 0 Å². The Morgan fingerprint density at radius 1 is 1.39 bits per heavy atom. The van der Waals surface area contributed by atoms with Gasteiger partial charge in [0.25, 0.3) is 14.4 Å². The van der Waals surface area contributed by atoms with E-state index in [9.17, 15) is 12.8 Å². The third-order valence-electron chi connectivity index (χ3n) is 1.82. The maximum atomic E-state index is 13.0. The molecular weight excluding hydrogens is 347 g/mol. The molecule has 0 unspecified atom stereocenters. The summed E-state index contributed by atoms with van der Waals surface area (Å²) in [5, 5.41) is 6.86. The minimum atomic E-state index is -3.91. The highest BCUT2D eigenvalue weighted by Crippen LogP contribution is 2.27. The number of hydrogen-bond donors (Lipinski definition) is 2. The second-order valence-electron chi connectivity index (χ2n) is 3.14. The second-order valence-corrected chi connectivity index (χ2v) is 6.86. The molecule has 3 N–H and O–H groups in total. The molecule has 0 radical (unpaired) electrons. The average molecular weight is 353 g/mol. The zero-order valence-electron chi connectivity index (χ0n) is 8.59. The molecule has 0 saturated carbocycles. The Labute approximate surface area is 114 Å². The van der Waals surface area contributed by atoms with Crippen LogP contribution in [0.25, 0.3) is 0 Å². The van der Waals surface area contributed by atoms with Crippen molar-refractivity contribution in [3.63, 3.8) is 0 Å². The topological polar surface area (TPSA) is 98.0 Å². The standard InChI is InChI=1S/C8H6BrFN4O2S2/c9-5-2-1-4(10)3-6(5)14-18(15,16)8-13-12-7(11)17-8/h1-3,14H,(H2,11,12). The van der Waals surface area contributed by atoms with Crippen LogP contribution in [0.4, 0.5) is 15.2 Å². The number of benzene rings is 1. The summed E-state index contributed by atoms with van der Waals surface area (Å²) in [6.45, 7) is 0. The molecule has 0 aliphatic heterocycles. The summed E-state index contributed by atoms with van der Waals surface area (Å²) >= 11 is 3.83. The van der Waals surface area contributed by atoms with E-state index < -0.39 is 15.8 Å². The Hall–Kier alpha value is -1.26. The van der Waals surface area contributed by atoms with Crippen LogP contribution in [0.1, 0.15) is 0 Å². The highest BCUT2D eigenvalue weighted by atomic mass is 79.9. The van der Waals surface area contributed by atoms with Gasteiger partial charge in [-0.15, -0.1) is 10.2 Å². The van der Waals surface area contributed by atoms with Crippen molar-refractivity contribution in [2.75, 3.05) is 10.5 Å². The molecule has 96 valence electrons. The number of aromatic nitrogens is 2. The number of nitrogens with zero attached hydrogens (tertiary/aromatic N) is 2. The van der Waals surface area contributed by atoms with Crippen molar-refractivity contribution in [3.05, 3.63) is 28.5 Å². The first-order chi connectivity index (χ1) is 8.38. The van der Waals surface area contributed by atoms with Gasteiger partial charge in [0.15, 0.2) is 0 Å². The van der Waals surface area contributed by atoms with E-state index in [0.29, 0.717) is 4.47 Å². The molecule has 1 heterocycles. The number of anilines is 2. The number of nitrogens with two attached hydrogens (primary N) is 1. The third kappa shape index (κ3) is 2.76. The van der Waals surface area contributed by atoms with Crippen LogP contribution in [0, 0.1) is 5.82 Å². The second kappa shape index (κ2) is 4.78. The minimum Gasteiger partial charge on any atom is -0.374 e. The largest absolute Gasteiger partial charge is 0.374 e. The number of nitrogens with one attached hydrogen (secondary N) is 1. The summed E-state index contributed by atoms with van der Waals surface area (Å²) in [6, 6.07) is 3.64. The molecule has 0 saturated heterocycles. The van der Waals surface area contributed by atoms with Crippen LogP contribution in [0.15, 0.2) is 27.0 Å². The minimum absolute atomic E-state index is 0.0358. The predicted octanol–water partition coefficient (Wildman–Crippen LogP) is 1.82. The van der Waals surface area contributed by atoms with Gasteiger partial charge in [0.1, 0.15) is 5.82 Å². The lowest BCUT2D eigenvalue weighted by Crippen LogP contribution is -2.13. The van der Waals surface area contributed by atoms with Gasteiger partial charge in [0.05, 0.1) is 5.69 Å². The van der Waals surface area contributed by atoms with Gasteiger partial charge in [0, 0.05) is 4.47 Å². The van der Waals surface area contributed by atoms with Crippen LogP contribution in [0.2, 0.25) is 0 Å². The van der Waals surface area contributed by atoms with E-state index in [4.69, 9.17) is 5.73 Å². The molecule has 10 heteroatoms. The molecule has 0 aliphatic rings. The van der Waals surface area contributed by atoms with Crippen molar-refractivity contribution in [2.45, 2.75) is 4.34 Å². The fraction of sp³-hybridized carbons (Fsp3) is 0. The summed E-state index contributed by atoms with van der Waals surface area (Å²) in [6.07, 6.45) is 0. The molecule has 0 aliphatic carbocycles. The van der Waals surface area contributed by atoms with Crippen LogP contribution < -0.4 is 10.5 Å². The Kier molecular flexibility index (Phi) is 3.50. The summed E-state index contributed by atoms with van der Waals surface area (Å²) in [5.74, 6) is -0.562. The summed E-state index contributed by atoms with van der Waals surface area (Å²) in [5.41, 5.74) is 5.38. The van der Waals surface area contributed by atoms with Gasteiger partial charge < -0.3 is 5.73 Å². The molecule has 18 heavy (non-hydrogen) atoms. The Morgan fingerprint density at radius 3 is 2.72 bits per heavy atom. The van der Waals surface area contributed by atoms with E-state index in [1.165, 1.54) is 12.1 Å². The van der Waals surface area contributed by atoms with Crippen molar-refractivity contribution in [2.24, 2.45) is 0 Å². The summed E-state index contributed by atoms with van der Waals surface area (Å²) < 4.78 is 39.1. The molecule has 0 amide bonds. The molecule has 2 aromatic rings. The van der Waals surface area contributed by atoms with Gasteiger partial charge >= 0.3 is 0 Å². The number of halogens is 2. The van der Waals surface area contributed by atoms with Crippen molar-refractivity contribution < 1.29 is 12.8 Å². The zero-order chi connectivity index (χ0) is 13.3. The van der Waals surface area contributed by atoms with Gasteiger partial charge in [-0.3, -0.25) is 4.72 Å². The van der Waals surface area contributed by atoms with Crippen molar-refractivity contribution >= 4 is 48.1 Å². The monoisotopic (exact) mass is 352 g/mol. The van der Waals surface area contributed by atoms with Crippen LogP contribution in [-0.2, 0) is 10.0 Å². The first kappa shape index (κ1) is 13.2. The highest BCUT2D eigenvalue weighted by Gasteiger charge is 2.20. The lowest BCUT2D eigenvalue weighted by atomic mass is 10.3. The first-order valence-electron chi connectivity index (χ1n) is 4.45. The van der Waals surface area contributed by atoms with Crippen molar-refractivity contribution in [3.8, 4) is 0 Å². The number of rotatable bonds is 3. The van der Waals surface area contributed by atoms with Crippen LogP contribution in [-0.4, -0.2) is 18.6 Å². The van der Waals surface area contributed by atoms with Crippen LogP contribution >= 0.6 is 27.3 Å². The molecule has 6 nitrogen and oxygen atoms in total. The van der Waals surface area contributed by atoms with Gasteiger partial charge in [0.2, 0.25) is 5.13 Å². The number of hydrogen-bond acceptors (Lipinski definition) is 6. The molecule has 1 aromatic heterocycles. The maximum absolute atomic E-state index is 13.0. The third-order valence-corrected chi connectivity index (χ3v) is 5.00. The molecule has 0 spiro atoms. The molecule has 0 bridgehead atoms. The van der Waals surface area contributed by atoms with Crippen molar-refractivity contribution in [1.29, 1.82) is 0 Å². The average Bonchev–Trinajstić information content (AvgIpc) is 2.71. The molecule has 2 rings (SSSR count). The fourth-order valence-electron chi connectivity index (χ4n) is 1.09. The SMILES string of the molecule is Nc1nnc(S(=O)(=O)Nc2cc(F)ccc2Br)s1. The van der Waals surface area contributed by atoms with E-state index in [0.717, 1.165) is 17.4 Å². The predicted molar refractivity (Wildman–Crippen MR) is 69.2 cm³/mol. The van der Waals surface area contributed by atoms with E-state index in [2.05, 4.69) is 30.8 Å². The fourth-order valence-corrected chi connectivity index (χ4v) is 3.43. The quantitative estimate of drug-likeness (QED) is 0.877. The van der Waals surface area contributed by atoms with Gasteiger partial charge in [-0.2, -0.15) is 8.42 Å². The Balaban J connectivity index is 2.36. The normalized spacial score (nSPS) is 11.4. The molecule has 0 fully saturated rings.